The van der Waals surface area contributed by atoms with Gasteiger partial charge in [-0.15, -0.1) is 0 Å². The molecule has 0 bridgehead atoms. The largest absolute Gasteiger partial charge is 0.397 e. The lowest BCUT2D eigenvalue weighted by atomic mass is 10.0. The van der Waals surface area contributed by atoms with Crippen molar-refractivity contribution in [2.24, 2.45) is 11.5 Å². The second-order valence-corrected chi connectivity index (χ2v) is 8.09. The maximum Gasteiger partial charge on any atom is 0.236 e. The first-order valence-corrected chi connectivity index (χ1v) is 12.5. The Morgan fingerprint density at radius 2 is 1.17 bits per heavy atom. The highest BCUT2D eigenvalue weighted by Crippen LogP contribution is 2.12. The van der Waals surface area contributed by atoms with Crippen molar-refractivity contribution in [1.82, 2.24) is 5.32 Å². The minimum absolute atomic E-state index is 0.00304. The third kappa shape index (κ3) is 27.4. The number of nitrogens with two attached hydrogens (primary N) is 2. The Kier molecular flexibility index (Phi) is 28.8. The van der Waals surface area contributed by atoms with E-state index in [9.17, 15) is 4.79 Å². The molecule has 0 spiro atoms. The molecule has 0 radical (unpaired) electrons. The van der Waals surface area contributed by atoms with Crippen LogP contribution in [0.3, 0.4) is 0 Å². The minimum atomic E-state index is -0.367. The molecule has 5 nitrogen and oxygen atoms in total. The zero-order chi connectivity index (χ0) is 22.0. The normalized spacial score (nSPS) is 11.6. The third-order valence-electron chi connectivity index (χ3n) is 5.14. The lowest BCUT2D eigenvalue weighted by Crippen LogP contribution is -2.40. The van der Waals surface area contributed by atoms with Crippen molar-refractivity contribution in [3.63, 3.8) is 0 Å². The standard InChI is InChI=1S/C22H47N3O.C2H6O/c1-2-3-4-5-6-7-8-9-10-11-12-13-14-17-20-25-22(26)21(24)18-15-16-19-23;1-2-3/h21H,2-20,23-24H2,1H3,(H,25,26);3H,2H2,1H3/t21-;/m0./s1. The number of nitrogens with one attached hydrogen (secondary N) is 1. The van der Waals surface area contributed by atoms with Crippen LogP contribution in [-0.2, 0) is 4.79 Å². The molecule has 0 heterocycles. The first kappa shape index (κ1) is 30.5. The third-order valence-corrected chi connectivity index (χ3v) is 5.14. The molecule has 0 fully saturated rings. The molecule has 0 rings (SSSR count). The van der Waals surface area contributed by atoms with Crippen LogP contribution in [0.5, 0.6) is 0 Å². The van der Waals surface area contributed by atoms with Gasteiger partial charge in [0.15, 0.2) is 0 Å². The Bertz CT molecular complexity index is 315. The van der Waals surface area contributed by atoms with E-state index in [1.807, 2.05) is 0 Å². The Labute approximate surface area is 181 Å². The molecule has 6 N–H and O–H groups in total. The molecule has 176 valence electrons. The van der Waals surface area contributed by atoms with Crippen LogP contribution in [0.2, 0.25) is 0 Å². The first-order chi connectivity index (χ1) is 14.1. The van der Waals surface area contributed by atoms with Gasteiger partial charge in [-0.25, -0.2) is 0 Å². The Hall–Kier alpha value is -0.650. The van der Waals surface area contributed by atoms with Gasteiger partial charge >= 0.3 is 0 Å². The van der Waals surface area contributed by atoms with Gasteiger partial charge in [0.2, 0.25) is 5.91 Å². The molecular weight excluding hydrogens is 362 g/mol. The Balaban J connectivity index is 0. The summed E-state index contributed by atoms with van der Waals surface area (Å²) in [4.78, 5) is 11.8. The maximum atomic E-state index is 11.8. The SMILES string of the molecule is CCCCCCCCCCCCCCCCNC(=O)[C@@H](N)CCCCN.CCO. The highest BCUT2D eigenvalue weighted by molar-refractivity contribution is 5.81. The quantitative estimate of drug-likeness (QED) is 0.209. The Morgan fingerprint density at radius 3 is 1.59 bits per heavy atom. The van der Waals surface area contributed by atoms with E-state index in [0.29, 0.717) is 6.54 Å². The molecule has 29 heavy (non-hydrogen) atoms. The fraction of sp³-hybridized carbons (Fsp3) is 0.958. The van der Waals surface area contributed by atoms with Gasteiger partial charge in [0.25, 0.3) is 0 Å². The van der Waals surface area contributed by atoms with Crippen molar-refractivity contribution in [2.75, 3.05) is 19.7 Å². The van der Waals surface area contributed by atoms with Gasteiger partial charge in [-0.3, -0.25) is 4.79 Å². The highest BCUT2D eigenvalue weighted by Gasteiger charge is 2.11. The first-order valence-electron chi connectivity index (χ1n) is 12.5. The van der Waals surface area contributed by atoms with Gasteiger partial charge in [0.05, 0.1) is 6.04 Å². The number of aliphatic hydroxyl groups excluding tert-OH is 1. The second kappa shape index (κ2) is 27.4. The van der Waals surface area contributed by atoms with Crippen LogP contribution in [0.15, 0.2) is 0 Å². The summed E-state index contributed by atoms with van der Waals surface area (Å²) in [5, 5.41) is 10.5. The number of rotatable bonds is 20. The number of hydrogen-bond acceptors (Lipinski definition) is 4. The second-order valence-electron chi connectivity index (χ2n) is 8.09. The summed E-state index contributed by atoms with van der Waals surface area (Å²) in [7, 11) is 0. The number of carbonyl (C=O) groups is 1. The monoisotopic (exact) mass is 415 g/mol. The molecule has 0 aromatic carbocycles. The van der Waals surface area contributed by atoms with Crippen LogP contribution in [0.4, 0.5) is 0 Å². The summed E-state index contributed by atoms with van der Waals surface area (Å²) in [6.07, 6.45) is 21.6. The van der Waals surface area contributed by atoms with Crippen molar-refractivity contribution in [3.05, 3.63) is 0 Å². The van der Waals surface area contributed by atoms with Gasteiger partial charge < -0.3 is 21.9 Å². The van der Waals surface area contributed by atoms with E-state index in [4.69, 9.17) is 16.6 Å². The van der Waals surface area contributed by atoms with E-state index >= 15 is 0 Å². The molecule has 5 heteroatoms. The molecule has 0 saturated carbocycles. The number of carbonyl (C=O) groups excluding carboxylic acids is 1. The maximum absolute atomic E-state index is 11.8. The molecule has 0 aliphatic heterocycles. The average molecular weight is 416 g/mol. The fourth-order valence-corrected chi connectivity index (χ4v) is 3.30. The molecule has 0 aliphatic carbocycles. The van der Waals surface area contributed by atoms with Crippen LogP contribution in [0.1, 0.15) is 123 Å². The van der Waals surface area contributed by atoms with E-state index < -0.39 is 0 Å². The lowest BCUT2D eigenvalue weighted by Gasteiger charge is -2.11. The molecular formula is C24H53N3O2. The fourth-order valence-electron chi connectivity index (χ4n) is 3.30. The average Bonchev–Trinajstić information content (AvgIpc) is 2.71. The summed E-state index contributed by atoms with van der Waals surface area (Å²) in [6, 6.07) is -0.367. The number of aliphatic hydroxyl groups is 1. The number of amides is 1. The summed E-state index contributed by atoms with van der Waals surface area (Å²) in [6.45, 7) is 5.65. The molecule has 0 unspecified atom stereocenters. The number of hydrogen-bond donors (Lipinski definition) is 4. The smallest absolute Gasteiger partial charge is 0.236 e. The predicted octanol–water partition coefficient (Wildman–Crippen LogP) is 5.04. The van der Waals surface area contributed by atoms with Crippen molar-refractivity contribution in [1.29, 1.82) is 0 Å². The van der Waals surface area contributed by atoms with Gasteiger partial charge in [0, 0.05) is 13.2 Å². The molecule has 0 aromatic heterocycles. The minimum Gasteiger partial charge on any atom is -0.397 e. The molecule has 0 aliphatic rings. The van der Waals surface area contributed by atoms with Crippen LogP contribution < -0.4 is 16.8 Å². The van der Waals surface area contributed by atoms with Gasteiger partial charge in [-0.2, -0.15) is 0 Å². The van der Waals surface area contributed by atoms with Gasteiger partial charge in [-0.05, 0) is 32.7 Å². The molecule has 0 saturated heterocycles. The van der Waals surface area contributed by atoms with Crippen molar-refractivity contribution < 1.29 is 9.90 Å². The summed E-state index contributed by atoms with van der Waals surface area (Å²) in [5.41, 5.74) is 11.3. The van der Waals surface area contributed by atoms with E-state index in [0.717, 1.165) is 32.2 Å². The van der Waals surface area contributed by atoms with Crippen LogP contribution >= 0.6 is 0 Å². The Morgan fingerprint density at radius 1 is 0.759 bits per heavy atom. The molecule has 1 atom stereocenters. The van der Waals surface area contributed by atoms with Crippen molar-refractivity contribution in [2.45, 2.75) is 129 Å². The topological polar surface area (TPSA) is 101 Å². The van der Waals surface area contributed by atoms with Gasteiger partial charge in [-0.1, -0.05) is 96.8 Å². The van der Waals surface area contributed by atoms with E-state index in [1.165, 1.54) is 83.5 Å². The van der Waals surface area contributed by atoms with Gasteiger partial charge in [0.1, 0.15) is 0 Å². The molecule has 0 aromatic rings. The lowest BCUT2D eigenvalue weighted by molar-refractivity contribution is -0.122. The van der Waals surface area contributed by atoms with Crippen molar-refractivity contribution >= 4 is 5.91 Å². The van der Waals surface area contributed by atoms with Crippen LogP contribution in [0, 0.1) is 0 Å². The van der Waals surface area contributed by atoms with Crippen molar-refractivity contribution in [3.8, 4) is 0 Å². The predicted molar refractivity (Wildman–Crippen MR) is 127 cm³/mol. The zero-order valence-corrected chi connectivity index (χ0v) is 19.7. The summed E-state index contributed by atoms with van der Waals surface area (Å²) in [5.74, 6) is -0.00304. The number of unbranched alkanes of at least 4 members (excludes halogenated alkanes) is 14. The van der Waals surface area contributed by atoms with Crippen LogP contribution in [-0.4, -0.2) is 36.8 Å². The highest BCUT2D eigenvalue weighted by atomic mass is 16.2. The van der Waals surface area contributed by atoms with Crippen LogP contribution in [0.25, 0.3) is 0 Å². The summed E-state index contributed by atoms with van der Waals surface area (Å²) >= 11 is 0. The van der Waals surface area contributed by atoms with E-state index in [2.05, 4.69) is 12.2 Å². The zero-order valence-electron chi connectivity index (χ0n) is 19.7. The van der Waals surface area contributed by atoms with E-state index in [-0.39, 0.29) is 18.6 Å². The summed E-state index contributed by atoms with van der Waals surface area (Å²) < 4.78 is 0. The van der Waals surface area contributed by atoms with E-state index in [1.54, 1.807) is 6.92 Å². The molecule has 1 amide bonds.